The SMILES string of the molecule is CCN(CC1CCOC1)C(=O)c1cccc(NS(=O)(=O)c2ccc3c(c2)OCCO3)c1. The maximum Gasteiger partial charge on any atom is 0.262 e. The summed E-state index contributed by atoms with van der Waals surface area (Å²) in [7, 11) is -3.86. The second-order valence-electron chi connectivity index (χ2n) is 7.57. The molecule has 9 heteroatoms. The van der Waals surface area contributed by atoms with E-state index in [1.54, 1.807) is 35.2 Å². The summed E-state index contributed by atoms with van der Waals surface area (Å²) in [6.07, 6.45) is 0.944. The molecule has 1 fully saturated rings. The summed E-state index contributed by atoms with van der Waals surface area (Å²) in [6.45, 7) is 5.33. The fraction of sp³-hybridized carbons (Fsp3) is 0.409. The van der Waals surface area contributed by atoms with E-state index in [1.807, 2.05) is 6.92 Å². The lowest BCUT2D eigenvalue weighted by Gasteiger charge is -2.24. The Bertz CT molecular complexity index is 1050. The van der Waals surface area contributed by atoms with Crippen LogP contribution in [0, 0.1) is 5.92 Å². The molecule has 0 radical (unpaired) electrons. The standard InChI is InChI=1S/C22H26N2O6S/c1-2-24(14-16-8-9-28-15-16)22(25)17-4-3-5-18(12-17)23-31(26,27)19-6-7-20-21(13-19)30-11-10-29-20/h3-7,12-13,16,23H,2,8-11,14-15H2,1H3. The van der Waals surface area contributed by atoms with Crippen molar-refractivity contribution in [3.05, 3.63) is 48.0 Å². The van der Waals surface area contributed by atoms with E-state index in [2.05, 4.69) is 4.72 Å². The number of hydrogen-bond donors (Lipinski definition) is 1. The lowest BCUT2D eigenvalue weighted by Crippen LogP contribution is -2.35. The van der Waals surface area contributed by atoms with Crippen LogP contribution in [0.1, 0.15) is 23.7 Å². The minimum absolute atomic E-state index is 0.0601. The summed E-state index contributed by atoms with van der Waals surface area (Å²) in [5.41, 5.74) is 0.754. The van der Waals surface area contributed by atoms with Gasteiger partial charge in [-0.2, -0.15) is 0 Å². The molecule has 1 amide bonds. The lowest BCUT2D eigenvalue weighted by molar-refractivity contribution is 0.0731. The van der Waals surface area contributed by atoms with Crippen molar-refractivity contribution >= 4 is 21.6 Å². The average Bonchev–Trinajstić information content (AvgIpc) is 3.30. The predicted molar refractivity (Wildman–Crippen MR) is 115 cm³/mol. The van der Waals surface area contributed by atoms with E-state index in [0.717, 1.165) is 13.0 Å². The topological polar surface area (TPSA) is 94.2 Å². The number of amides is 1. The molecule has 0 spiro atoms. The van der Waals surface area contributed by atoms with Crippen LogP contribution in [0.4, 0.5) is 5.69 Å². The van der Waals surface area contributed by atoms with Crippen LogP contribution in [0.15, 0.2) is 47.4 Å². The summed E-state index contributed by atoms with van der Waals surface area (Å²) in [6, 6.07) is 11.0. The Hall–Kier alpha value is -2.78. The van der Waals surface area contributed by atoms with E-state index >= 15 is 0 Å². The van der Waals surface area contributed by atoms with Crippen LogP contribution in [-0.4, -0.2) is 58.7 Å². The summed E-state index contributed by atoms with van der Waals surface area (Å²) < 4.78 is 44.6. The van der Waals surface area contributed by atoms with Crippen molar-refractivity contribution in [2.24, 2.45) is 5.92 Å². The Balaban J connectivity index is 1.50. The first kappa shape index (κ1) is 21.5. The van der Waals surface area contributed by atoms with Crippen molar-refractivity contribution in [1.29, 1.82) is 0 Å². The number of rotatable bonds is 7. The fourth-order valence-corrected chi connectivity index (χ4v) is 4.76. The smallest absolute Gasteiger partial charge is 0.262 e. The number of nitrogens with zero attached hydrogens (tertiary/aromatic N) is 1. The van der Waals surface area contributed by atoms with Gasteiger partial charge in [-0.15, -0.1) is 0 Å². The molecule has 8 nitrogen and oxygen atoms in total. The van der Waals surface area contributed by atoms with Gasteiger partial charge in [0.05, 0.1) is 11.5 Å². The molecule has 1 atom stereocenters. The molecule has 0 saturated carbocycles. The molecule has 166 valence electrons. The molecular formula is C22H26N2O6S. The highest BCUT2D eigenvalue weighted by molar-refractivity contribution is 7.92. The van der Waals surface area contributed by atoms with Gasteiger partial charge in [-0.05, 0) is 43.7 Å². The minimum Gasteiger partial charge on any atom is -0.486 e. The maximum atomic E-state index is 13.0. The zero-order valence-electron chi connectivity index (χ0n) is 17.4. The molecule has 2 heterocycles. The van der Waals surface area contributed by atoms with Gasteiger partial charge in [-0.25, -0.2) is 8.42 Å². The third kappa shape index (κ3) is 4.94. The van der Waals surface area contributed by atoms with Gasteiger partial charge in [0, 0.05) is 42.9 Å². The molecule has 0 bridgehead atoms. The predicted octanol–water partition coefficient (Wildman–Crippen LogP) is 2.76. The van der Waals surface area contributed by atoms with E-state index in [-0.39, 0.29) is 10.8 Å². The van der Waals surface area contributed by atoms with E-state index < -0.39 is 10.0 Å². The first-order valence-corrected chi connectivity index (χ1v) is 11.8. The molecule has 2 aliphatic heterocycles. The summed E-state index contributed by atoms with van der Waals surface area (Å²) in [5.74, 6) is 1.12. The number of carbonyl (C=O) groups excluding carboxylic acids is 1. The second-order valence-corrected chi connectivity index (χ2v) is 9.25. The van der Waals surface area contributed by atoms with Crippen molar-refractivity contribution < 1.29 is 27.4 Å². The van der Waals surface area contributed by atoms with Crippen LogP contribution in [0.2, 0.25) is 0 Å². The van der Waals surface area contributed by atoms with Crippen molar-refractivity contribution in [2.45, 2.75) is 18.2 Å². The first-order chi connectivity index (χ1) is 15.0. The summed E-state index contributed by atoms with van der Waals surface area (Å²) in [4.78, 5) is 14.8. The largest absolute Gasteiger partial charge is 0.486 e. The lowest BCUT2D eigenvalue weighted by atomic mass is 10.1. The van der Waals surface area contributed by atoms with Crippen LogP contribution in [0.5, 0.6) is 11.5 Å². The minimum atomic E-state index is -3.86. The molecule has 1 unspecified atom stereocenters. The number of nitrogens with one attached hydrogen (secondary N) is 1. The van der Waals surface area contributed by atoms with Gasteiger partial charge in [0.1, 0.15) is 13.2 Å². The van der Waals surface area contributed by atoms with Crippen LogP contribution >= 0.6 is 0 Å². The number of ether oxygens (including phenoxy) is 3. The van der Waals surface area contributed by atoms with Crippen molar-refractivity contribution in [3.8, 4) is 11.5 Å². The van der Waals surface area contributed by atoms with Gasteiger partial charge in [0.15, 0.2) is 11.5 Å². The van der Waals surface area contributed by atoms with Crippen molar-refractivity contribution in [1.82, 2.24) is 4.90 Å². The Morgan fingerprint density at radius 2 is 1.90 bits per heavy atom. The number of anilines is 1. The zero-order valence-corrected chi connectivity index (χ0v) is 18.2. The van der Waals surface area contributed by atoms with Gasteiger partial charge in [0.2, 0.25) is 0 Å². The number of sulfonamides is 1. The normalized spacial score (nSPS) is 17.9. The molecule has 0 aliphatic carbocycles. The van der Waals surface area contributed by atoms with Gasteiger partial charge in [0.25, 0.3) is 15.9 Å². The first-order valence-electron chi connectivity index (χ1n) is 10.4. The highest BCUT2D eigenvalue weighted by Gasteiger charge is 2.23. The van der Waals surface area contributed by atoms with E-state index in [9.17, 15) is 13.2 Å². The molecule has 2 aromatic rings. The van der Waals surface area contributed by atoms with Crippen LogP contribution < -0.4 is 14.2 Å². The quantitative estimate of drug-likeness (QED) is 0.703. The molecule has 2 aromatic carbocycles. The number of benzene rings is 2. The van der Waals surface area contributed by atoms with Gasteiger partial charge in [-0.3, -0.25) is 9.52 Å². The summed E-state index contributed by atoms with van der Waals surface area (Å²) in [5, 5.41) is 0. The number of carbonyl (C=O) groups is 1. The van der Waals surface area contributed by atoms with E-state index in [4.69, 9.17) is 14.2 Å². The second kappa shape index (κ2) is 9.15. The van der Waals surface area contributed by atoms with E-state index in [1.165, 1.54) is 12.1 Å². The van der Waals surface area contributed by atoms with Crippen LogP contribution in [-0.2, 0) is 14.8 Å². The highest BCUT2D eigenvalue weighted by Crippen LogP contribution is 2.32. The highest BCUT2D eigenvalue weighted by atomic mass is 32.2. The average molecular weight is 447 g/mol. The van der Waals surface area contributed by atoms with Gasteiger partial charge in [-0.1, -0.05) is 6.07 Å². The zero-order chi connectivity index (χ0) is 21.8. The Morgan fingerprint density at radius 1 is 1.10 bits per heavy atom. The molecule has 1 N–H and O–H groups in total. The van der Waals surface area contributed by atoms with Gasteiger partial charge >= 0.3 is 0 Å². The number of fused-ring (bicyclic) bond motifs is 1. The van der Waals surface area contributed by atoms with Crippen LogP contribution in [0.3, 0.4) is 0 Å². The third-order valence-electron chi connectivity index (χ3n) is 5.36. The Morgan fingerprint density at radius 3 is 2.65 bits per heavy atom. The fourth-order valence-electron chi connectivity index (χ4n) is 3.70. The molecule has 4 rings (SSSR count). The Labute approximate surface area is 182 Å². The maximum absolute atomic E-state index is 13.0. The summed E-state index contributed by atoms with van der Waals surface area (Å²) >= 11 is 0. The number of hydrogen-bond acceptors (Lipinski definition) is 6. The molecular weight excluding hydrogens is 420 g/mol. The van der Waals surface area contributed by atoms with Crippen molar-refractivity contribution in [2.75, 3.05) is 44.2 Å². The van der Waals surface area contributed by atoms with Gasteiger partial charge < -0.3 is 19.1 Å². The molecule has 2 aliphatic rings. The molecule has 1 saturated heterocycles. The monoisotopic (exact) mass is 446 g/mol. The molecule has 31 heavy (non-hydrogen) atoms. The molecule has 0 aromatic heterocycles. The van der Waals surface area contributed by atoms with Crippen LogP contribution in [0.25, 0.3) is 0 Å². The van der Waals surface area contributed by atoms with E-state index in [0.29, 0.717) is 61.6 Å². The van der Waals surface area contributed by atoms with Crippen molar-refractivity contribution in [3.63, 3.8) is 0 Å². The third-order valence-corrected chi connectivity index (χ3v) is 6.74. The Kier molecular flexibility index (Phi) is 6.33.